The summed E-state index contributed by atoms with van der Waals surface area (Å²) in [5.74, 6) is -0.203. The number of hydrogen-bond donors (Lipinski definition) is 2. The predicted molar refractivity (Wildman–Crippen MR) is 76.9 cm³/mol. The average molecular weight is 273 g/mol. The van der Waals surface area contributed by atoms with E-state index >= 15 is 0 Å². The SMILES string of the molecule is CCC(CO)NC(=O)c1cnn(-c2ccccc2)c1C. The number of carbonyl (C=O) groups excluding carboxylic acids is 1. The van der Waals surface area contributed by atoms with E-state index in [0.717, 1.165) is 11.4 Å². The van der Waals surface area contributed by atoms with Gasteiger partial charge in [0, 0.05) is 0 Å². The van der Waals surface area contributed by atoms with Crippen molar-refractivity contribution in [1.82, 2.24) is 15.1 Å². The van der Waals surface area contributed by atoms with E-state index in [1.165, 1.54) is 0 Å². The molecule has 0 fully saturated rings. The van der Waals surface area contributed by atoms with E-state index < -0.39 is 0 Å². The molecule has 1 amide bonds. The highest BCUT2D eigenvalue weighted by molar-refractivity contribution is 5.95. The van der Waals surface area contributed by atoms with Crippen molar-refractivity contribution in [2.24, 2.45) is 0 Å². The Morgan fingerprint density at radius 1 is 1.40 bits per heavy atom. The van der Waals surface area contributed by atoms with E-state index in [1.807, 2.05) is 44.2 Å². The third-order valence-corrected chi connectivity index (χ3v) is 3.30. The molecule has 2 aromatic rings. The number of nitrogens with zero attached hydrogens (tertiary/aromatic N) is 2. The van der Waals surface area contributed by atoms with Crippen LogP contribution in [0.1, 0.15) is 29.4 Å². The lowest BCUT2D eigenvalue weighted by atomic mass is 10.2. The van der Waals surface area contributed by atoms with Gasteiger partial charge in [-0.3, -0.25) is 4.79 Å². The molecule has 0 aliphatic heterocycles. The van der Waals surface area contributed by atoms with Gasteiger partial charge in [-0.25, -0.2) is 4.68 Å². The summed E-state index contributed by atoms with van der Waals surface area (Å²) in [5, 5.41) is 16.2. The van der Waals surface area contributed by atoms with E-state index in [2.05, 4.69) is 10.4 Å². The van der Waals surface area contributed by atoms with Gasteiger partial charge in [0.25, 0.3) is 5.91 Å². The fraction of sp³-hybridized carbons (Fsp3) is 0.333. The largest absolute Gasteiger partial charge is 0.394 e. The zero-order valence-corrected chi connectivity index (χ0v) is 11.7. The monoisotopic (exact) mass is 273 g/mol. The molecule has 2 N–H and O–H groups in total. The van der Waals surface area contributed by atoms with Crippen molar-refractivity contribution < 1.29 is 9.90 Å². The maximum atomic E-state index is 12.2. The van der Waals surface area contributed by atoms with Crippen LogP contribution in [-0.2, 0) is 0 Å². The molecule has 1 heterocycles. The molecule has 5 heteroatoms. The summed E-state index contributed by atoms with van der Waals surface area (Å²) in [4.78, 5) is 12.2. The number of hydrogen-bond acceptors (Lipinski definition) is 3. The second-order valence-corrected chi connectivity index (χ2v) is 4.65. The molecule has 0 bridgehead atoms. The van der Waals surface area contributed by atoms with Gasteiger partial charge in [0.2, 0.25) is 0 Å². The number of aromatic nitrogens is 2. The maximum Gasteiger partial charge on any atom is 0.255 e. The highest BCUT2D eigenvalue weighted by Crippen LogP contribution is 2.14. The molecule has 0 radical (unpaired) electrons. The highest BCUT2D eigenvalue weighted by Gasteiger charge is 2.17. The molecule has 0 aliphatic rings. The Balaban J connectivity index is 2.23. The summed E-state index contributed by atoms with van der Waals surface area (Å²) in [6, 6.07) is 9.43. The third kappa shape index (κ3) is 2.88. The lowest BCUT2D eigenvalue weighted by Gasteiger charge is -2.13. The molecule has 0 aliphatic carbocycles. The van der Waals surface area contributed by atoms with Crippen LogP contribution in [0.3, 0.4) is 0 Å². The molecule has 106 valence electrons. The van der Waals surface area contributed by atoms with Crippen LogP contribution in [0.2, 0.25) is 0 Å². The Bertz CT molecular complexity index is 574. The molecule has 1 aromatic heterocycles. The molecule has 1 atom stereocenters. The topological polar surface area (TPSA) is 67.2 Å². The zero-order chi connectivity index (χ0) is 14.5. The van der Waals surface area contributed by atoms with E-state index in [9.17, 15) is 4.79 Å². The van der Waals surface area contributed by atoms with Crippen molar-refractivity contribution in [1.29, 1.82) is 0 Å². The first kappa shape index (κ1) is 14.3. The second-order valence-electron chi connectivity index (χ2n) is 4.65. The fourth-order valence-corrected chi connectivity index (χ4v) is 2.00. The standard InChI is InChI=1S/C15H19N3O2/c1-3-12(10-19)17-15(20)14-9-16-18(11(14)2)13-7-5-4-6-8-13/h4-9,12,19H,3,10H2,1-2H3,(H,17,20). The Morgan fingerprint density at radius 2 is 2.10 bits per heavy atom. The molecule has 0 saturated carbocycles. The van der Waals surface area contributed by atoms with Gasteiger partial charge >= 0.3 is 0 Å². The molecule has 1 unspecified atom stereocenters. The normalized spacial score (nSPS) is 12.2. The summed E-state index contributed by atoms with van der Waals surface area (Å²) in [7, 11) is 0. The van der Waals surface area contributed by atoms with Crippen molar-refractivity contribution in [2.45, 2.75) is 26.3 Å². The number of rotatable bonds is 5. The minimum absolute atomic E-state index is 0.0614. The minimum Gasteiger partial charge on any atom is -0.394 e. The van der Waals surface area contributed by atoms with Gasteiger partial charge in [-0.15, -0.1) is 0 Å². The van der Waals surface area contributed by atoms with E-state index in [0.29, 0.717) is 12.0 Å². The van der Waals surface area contributed by atoms with Gasteiger partial charge in [-0.05, 0) is 25.5 Å². The summed E-state index contributed by atoms with van der Waals surface area (Å²) >= 11 is 0. The van der Waals surface area contributed by atoms with Gasteiger partial charge in [0.15, 0.2) is 0 Å². The van der Waals surface area contributed by atoms with E-state index in [4.69, 9.17) is 5.11 Å². The molecular weight excluding hydrogens is 254 g/mol. The van der Waals surface area contributed by atoms with Crippen LogP contribution in [0, 0.1) is 6.92 Å². The average Bonchev–Trinajstić information content (AvgIpc) is 2.87. The predicted octanol–water partition coefficient (Wildman–Crippen LogP) is 1.68. The minimum atomic E-state index is -0.220. The van der Waals surface area contributed by atoms with Gasteiger partial charge in [0.05, 0.1) is 35.8 Å². The number of benzene rings is 1. The maximum absolute atomic E-state index is 12.2. The zero-order valence-electron chi connectivity index (χ0n) is 11.7. The van der Waals surface area contributed by atoms with Crippen molar-refractivity contribution in [2.75, 3.05) is 6.61 Å². The van der Waals surface area contributed by atoms with E-state index in [-0.39, 0.29) is 18.6 Å². The molecular formula is C15H19N3O2. The van der Waals surface area contributed by atoms with E-state index in [1.54, 1.807) is 10.9 Å². The molecule has 0 saturated heterocycles. The van der Waals surface area contributed by atoms with Crippen LogP contribution in [0.25, 0.3) is 5.69 Å². The molecule has 0 spiro atoms. The fourth-order valence-electron chi connectivity index (χ4n) is 2.00. The third-order valence-electron chi connectivity index (χ3n) is 3.30. The number of amides is 1. The quantitative estimate of drug-likeness (QED) is 0.871. The van der Waals surface area contributed by atoms with Gasteiger partial charge < -0.3 is 10.4 Å². The van der Waals surface area contributed by atoms with Crippen molar-refractivity contribution in [3.63, 3.8) is 0 Å². The summed E-state index contributed by atoms with van der Waals surface area (Å²) in [6.07, 6.45) is 2.25. The smallest absolute Gasteiger partial charge is 0.255 e. The molecule has 5 nitrogen and oxygen atoms in total. The van der Waals surface area contributed by atoms with Crippen molar-refractivity contribution in [3.05, 3.63) is 47.8 Å². The Hall–Kier alpha value is -2.14. The summed E-state index contributed by atoms with van der Waals surface area (Å²) in [6.45, 7) is 3.71. The number of aliphatic hydroxyl groups excluding tert-OH is 1. The Labute approximate surface area is 118 Å². The summed E-state index contributed by atoms with van der Waals surface area (Å²) < 4.78 is 1.73. The summed E-state index contributed by atoms with van der Waals surface area (Å²) in [5.41, 5.74) is 2.22. The lowest BCUT2D eigenvalue weighted by molar-refractivity contribution is 0.0914. The first-order valence-electron chi connectivity index (χ1n) is 6.69. The van der Waals surface area contributed by atoms with Crippen LogP contribution in [0.5, 0.6) is 0 Å². The first-order chi connectivity index (χ1) is 9.67. The number of nitrogens with one attached hydrogen (secondary N) is 1. The van der Waals surface area contributed by atoms with Crippen LogP contribution < -0.4 is 5.32 Å². The second kappa shape index (κ2) is 6.34. The van der Waals surface area contributed by atoms with Crippen molar-refractivity contribution >= 4 is 5.91 Å². The number of aliphatic hydroxyl groups is 1. The number of para-hydroxylation sites is 1. The van der Waals surface area contributed by atoms with Crippen molar-refractivity contribution in [3.8, 4) is 5.69 Å². The van der Waals surface area contributed by atoms with Gasteiger partial charge in [-0.2, -0.15) is 5.10 Å². The highest BCUT2D eigenvalue weighted by atomic mass is 16.3. The van der Waals surface area contributed by atoms with Crippen LogP contribution in [0.15, 0.2) is 36.5 Å². The Morgan fingerprint density at radius 3 is 2.70 bits per heavy atom. The molecule has 20 heavy (non-hydrogen) atoms. The first-order valence-corrected chi connectivity index (χ1v) is 6.69. The molecule has 1 aromatic carbocycles. The number of carbonyl (C=O) groups is 1. The van der Waals surface area contributed by atoms with Crippen LogP contribution in [0.4, 0.5) is 0 Å². The van der Waals surface area contributed by atoms with Gasteiger partial charge in [-0.1, -0.05) is 25.1 Å². The Kier molecular flexibility index (Phi) is 4.53. The van der Waals surface area contributed by atoms with Crippen LogP contribution >= 0.6 is 0 Å². The van der Waals surface area contributed by atoms with Gasteiger partial charge in [0.1, 0.15) is 0 Å². The van der Waals surface area contributed by atoms with Crippen LogP contribution in [-0.4, -0.2) is 33.4 Å². The molecule has 2 rings (SSSR count). The lowest BCUT2D eigenvalue weighted by Crippen LogP contribution is -2.37.